The Bertz CT molecular complexity index is 632. The van der Waals surface area contributed by atoms with Crippen LogP contribution in [0.5, 0.6) is 0 Å². The van der Waals surface area contributed by atoms with Gasteiger partial charge in [-0.05, 0) is 44.0 Å². The van der Waals surface area contributed by atoms with Crippen LogP contribution in [0.1, 0.15) is 43.2 Å². The maximum absolute atomic E-state index is 12.6. The number of hydrogen-bond acceptors (Lipinski definition) is 3. The van der Waals surface area contributed by atoms with Crippen LogP contribution in [0.3, 0.4) is 0 Å². The molecule has 1 atom stereocenters. The van der Waals surface area contributed by atoms with Gasteiger partial charge in [0.25, 0.3) is 5.91 Å². The zero-order valence-corrected chi connectivity index (χ0v) is 11.8. The molecule has 4 heteroatoms. The van der Waals surface area contributed by atoms with Crippen LogP contribution >= 0.6 is 0 Å². The topological polar surface area (TPSA) is 59.5 Å². The van der Waals surface area contributed by atoms with Crippen LogP contribution in [0.4, 0.5) is 5.69 Å². The van der Waals surface area contributed by atoms with Crippen LogP contribution in [0.2, 0.25) is 0 Å². The predicted octanol–water partition coefficient (Wildman–Crippen LogP) is 3.42. The number of hydrogen-bond donors (Lipinski definition) is 1. The van der Waals surface area contributed by atoms with Crippen LogP contribution in [0, 0.1) is 0 Å². The monoisotopic (exact) mass is 272 g/mol. The summed E-state index contributed by atoms with van der Waals surface area (Å²) in [6.07, 6.45) is 4.54. The van der Waals surface area contributed by atoms with Crippen LogP contribution in [0.15, 0.2) is 28.7 Å². The van der Waals surface area contributed by atoms with Gasteiger partial charge in [-0.3, -0.25) is 4.79 Å². The lowest BCUT2D eigenvalue weighted by Gasteiger charge is -2.26. The molecule has 20 heavy (non-hydrogen) atoms. The first-order valence-electron chi connectivity index (χ1n) is 7.25. The molecule has 1 saturated heterocycles. The van der Waals surface area contributed by atoms with Gasteiger partial charge in [0.2, 0.25) is 0 Å². The number of anilines is 1. The highest BCUT2D eigenvalue weighted by atomic mass is 16.3. The van der Waals surface area contributed by atoms with E-state index in [2.05, 4.69) is 6.92 Å². The molecule has 0 spiro atoms. The van der Waals surface area contributed by atoms with Gasteiger partial charge in [-0.1, -0.05) is 12.8 Å². The number of amides is 1. The fourth-order valence-electron chi connectivity index (χ4n) is 2.89. The minimum atomic E-state index is -0.00540. The number of rotatable bonds is 1. The molecule has 1 aromatic heterocycles. The molecule has 1 amide bonds. The molecule has 0 aliphatic carbocycles. The number of nitrogen functional groups attached to an aromatic ring is 1. The van der Waals surface area contributed by atoms with E-state index in [-0.39, 0.29) is 11.9 Å². The second-order valence-corrected chi connectivity index (χ2v) is 5.60. The molecule has 1 aromatic carbocycles. The normalized spacial score (nSPS) is 20.1. The van der Waals surface area contributed by atoms with Crippen LogP contribution < -0.4 is 5.73 Å². The molecule has 0 radical (unpaired) electrons. The van der Waals surface area contributed by atoms with Crippen molar-refractivity contribution in [2.45, 2.75) is 38.6 Å². The number of benzene rings is 1. The van der Waals surface area contributed by atoms with E-state index in [1.54, 1.807) is 12.1 Å². The van der Waals surface area contributed by atoms with E-state index >= 15 is 0 Å². The molecule has 2 N–H and O–H groups in total. The van der Waals surface area contributed by atoms with Crippen molar-refractivity contribution in [3.05, 3.63) is 30.0 Å². The summed E-state index contributed by atoms with van der Waals surface area (Å²) < 4.78 is 5.68. The molecule has 1 aliphatic heterocycles. The van der Waals surface area contributed by atoms with Crippen LogP contribution in [-0.2, 0) is 0 Å². The highest BCUT2D eigenvalue weighted by Crippen LogP contribution is 2.25. The molecule has 0 saturated carbocycles. The van der Waals surface area contributed by atoms with Crippen LogP contribution in [-0.4, -0.2) is 23.4 Å². The van der Waals surface area contributed by atoms with Gasteiger partial charge in [-0.2, -0.15) is 0 Å². The van der Waals surface area contributed by atoms with Gasteiger partial charge in [-0.15, -0.1) is 0 Å². The van der Waals surface area contributed by atoms with E-state index in [0.717, 1.165) is 24.8 Å². The molecule has 1 aliphatic rings. The van der Waals surface area contributed by atoms with Crippen molar-refractivity contribution in [2.75, 3.05) is 12.3 Å². The first-order chi connectivity index (χ1) is 9.65. The Morgan fingerprint density at radius 1 is 1.30 bits per heavy atom. The molecule has 0 bridgehead atoms. The zero-order chi connectivity index (χ0) is 14.1. The van der Waals surface area contributed by atoms with Crippen molar-refractivity contribution in [1.29, 1.82) is 0 Å². The summed E-state index contributed by atoms with van der Waals surface area (Å²) in [4.78, 5) is 14.6. The Morgan fingerprint density at radius 3 is 3.00 bits per heavy atom. The Hall–Kier alpha value is -1.97. The highest BCUT2D eigenvalue weighted by Gasteiger charge is 2.25. The van der Waals surface area contributed by atoms with Gasteiger partial charge in [0, 0.05) is 23.7 Å². The Balaban J connectivity index is 1.91. The standard InChI is InChI=1S/C16H20N2O2/c1-11-5-3-2-4-8-18(11)16(19)15-10-12-9-13(17)6-7-14(12)20-15/h6-7,9-11H,2-5,8,17H2,1H3. The summed E-state index contributed by atoms with van der Waals surface area (Å²) >= 11 is 0. The molecular formula is C16H20N2O2. The first-order valence-corrected chi connectivity index (χ1v) is 7.25. The lowest BCUT2D eigenvalue weighted by molar-refractivity contribution is 0.0667. The Kier molecular flexibility index (Phi) is 3.38. The fourth-order valence-corrected chi connectivity index (χ4v) is 2.89. The van der Waals surface area contributed by atoms with Crippen molar-refractivity contribution in [1.82, 2.24) is 4.90 Å². The third kappa shape index (κ3) is 2.38. The lowest BCUT2D eigenvalue weighted by atomic mass is 10.1. The molecule has 106 valence electrons. The largest absolute Gasteiger partial charge is 0.451 e. The number of fused-ring (bicyclic) bond motifs is 1. The summed E-state index contributed by atoms with van der Waals surface area (Å²) in [6, 6.07) is 7.51. The predicted molar refractivity (Wildman–Crippen MR) is 79.6 cm³/mol. The number of likely N-dealkylation sites (tertiary alicyclic amines) is 1. The average Bonchev–Trinajstić information content (AvgIpc) is 2.72. The van der Waals surface area contributed by atoms with Crippen molar-refractivity contribution in [2.24, 2.45) is 0 Å². The zero-order valence-electron chi connectivity index (χ0n) is 11.8. The van der Waals surface area contributed by atoms with E-state index < -0.39 is 0 Å². The molecule has 1 fully saturated rings. The lowest BCUT2D eigenvalue weighted by Crippen LogP contribution is -2.38. The average molecular weight is 272 g/mol. The molecule has 2 aromatic rings. The SMILES string of the molecule is CC1CCCCCN1C(=O)c1cc2cc(N)ccc2o1. The van der Waals surface area contributed by atoms with E-state index in [4.69, 9.17) is 10.2 Å². The second kappa shape index (κ2) is 5.19. The van der Waals surface area contributed by atoms with Gasteiger partial charge in [0.15, 0.2) is 5.76 Å². The molecule has 4 nitrogen and oxygen atoms in total. The quantitative estimate of drug-likeness (QED) is 0.809. The Morgan fingerprint density at radius 2 is 2.15 bits per heavy atom. The van der Waals surface area contributed by atoms with Crippen molar-refractivity contribution >= 4 is 22.6 Å². The first kappa shape index (κ1) is 13.0. The Labute approximate surface area is 118 Å². The summed E-state index contributed by atoms with van der Waals surface area (Å²) in [6.45, 7) is 2.93. The summed E-state index contributed by atoms with van der Waals surface area (Å²) in [5, 5.41) is 0.885. The molecule has 3 rings (SSSR count). The van der Waals surface area contributed by atoms with E-state index in [9.17, 15) is 4.79 Å². The number of carbonyl (C=O) groups is 1. The van der Waals surface area contributed by atoms with Crippen molar-refractivity contribution < 1.29 is 9.21 Å². The number of carbonyl (C=O) groups excluding carboxylic acids is 1. The summed E-state index contributed by atoms with van der Waals surface area (Å²) in [7, 11) is 0. The van der Waals surface area contributed by atoms with E-state index in [1.165, 1.54) is 12.8 Å². The summed E-state index contributed by atoms with van der Waals surface area (Å²) in [5.41, 5.74) is 7.15. The third-order valence-electron chi connectivity index (χ3n) is 4.06. The molecule has 1 unspecified atom stereocenters. The number of nitrogens with zero attached hydrogens (tertiary/aromatic N) is 1. The van der Waals surface area contributed by atoms with Gasteiger partial charge < -0.3 is 15.1 Å². The maximum atomic E-state index is 12.6. The highest BCUT2D eigenvalue weighted by molar-refractivity contribution is 5.96. The van der Waals surface area contributed by atoms with E-state index in [1.807, 2.05) is 17.0 Å². The van der Waals surface area contributed by atoms with Crippen LogP contribution in [0.25, 0.3) is 11.0 Å². The minimum absolute atomic E-state index is 0.00540. The fraction of sp³-hybridized carbons (Fsp3) is 0.438. The summed E-state index contributed by atoms with van der Waals surface area (Å²) in [5.74, 6) is 0.411. The minimum Gasteiger partial charge on any atom is -0.451 e. The van der Waals surface area contributed by atoms with Gasteiger partial charge in [0.1, 0.15) is 5.58 Å². The number of nitrogens with two attached hydrogens (primary N) is 1. The second-order valence-electron chi connectivity index (χ2n) is 5.60. The third-order valence-corrected chi connectivity index (χ3v) is 4.06. The van der Waals surface area contributed by atoms with E-state index in [0.29, 0.717) is 17.0 Å². The number of furan rings is 1. The smallest absolute Gasteiger partial charge is 0.289 e. The van der Waals surface area contributed by atoms with Crippen molar-refractivity contribution in [3.8, 4) is 0 Å². The molecular weight excluding hydrogens is 252 g/mol. The van der Waals surface area contributed by atoms with Gasteiger partial charge in [0.05, 0.1) is 0 Å². The van der Waals surface area contributed by atoms with Gasteiger partial charge >= 0.3 is 0 Å². The molecule has 2 heterocycles. The maximum Gasteiger partial charge on any atom is 0.289 e. The van der Waals surface area contributed by atoms with Gasteiger partial charge in [-0.25, -0.2) is 0 Å². The van der Waals surface area contributed by atoms with Crippen molar-refractivity contribution in [3.63, 3.8) is 0 Å².